The van der Waals surface area contributed by atoms with Gasteiger partial charge in [0, 0.05) is 36.0 Å². The number of carbonyl (C=O) groups is 3. The van der Waals surface area contributed by atoms with Crippen LogP contribution in [0.4, 0.5) is 0 Å². The molecule has 12 heteroatoms. The summed E-state index contributed by atoms with van der Waals surface area (Å²) in [7, 11) is -3.63. The molecule has 1 aromatic heterocycles. The summed E-state index contributed by atoms with van der Waals surface area (Å²) in [5.41, 5.74) is 0. The standard InChI is InChI=1S/C23H33ClN4O5S2/c1-17(26-35(32,33)13-10-19-8-9-21(24)34-19)4-2-11-27(16-29)15-22(30)28-12-3-5-20(28)23(31)25-14-18-6-7-18/h8-10,13,16-18,20,26H,2-7,11-12,14-15H2,1H3,(H,25,31)/b13-10+/t17-,20+/m1/s1. The third kappa shape index (κ3) is 9.21. The lowest BCUT2D eigenvalue weighted by Gasteiger charge is -2.26. The molecular weight excluding hydrogens is 512 g/mol. The van der Waals surface area contributed by atoms with Crippen LogP contribution in [0, 0.1) is 5.92 Å². The Morgan fingerprint density at radius 1 is 1.31 bits per heavy atom. The lowest BCUT2D eigenvalue weighted by atomic mass is 10.2. The van der Waals surface area contributed by atoms with E-state index in [0.29, 0.717) is 55.6 Å². The molecule has 1 saturated heterocycles. The number of likely N-dealkylation sites (tertiary alicyclic amines) is 1. The van der Waals surface area contributed by atoms with E-state index in [0.717, 1.165) is 29.5 Å². The first-order chi connectivity index (χ1) is 16.7. The summed E-state index contributed by atoms with van der Waals surface area (Å²) in [6.45, 7) is 3.15. The number of rotatable bonds is 14. The number of hydrogen-bond acceptors (Lipinski definition) is 6. The Hall–Kier alpha value is -1.95. The van der Waals surface area contributed by atoms with Crippen LogP contribution in [-0.4, -0.2) is 74.7 Å². The van der Waals surface area contributed by atoms with Crippen LogP contribution in [-0.2, 0) is 24.4 Å². The zero-order valence-electron chi connectivity index (χ0n) is 19.8. The van der Waals surface area contributed by atoms with E-state index in [1.807, 2.05) is 0 Å². The van der Waals surface area contributed by atoms with Gasteiger partial charge in [-0.3, -0.25) is 14.4 Å². The van der Waals surface area contributed by atoms with Gasteiger partial charge in [0.25, 0.3) is 0 Å². The lowest BCUT2D eigenvalue weighted by molar-refractivity contribution is -0.140. The molecule has 35 heavy (non-hydrogen) atoms. The Balaban J connectivity index is 1.40. The van der Waals surface area contributed by atoms with Crippen molar-refractivity contribution in [3.8, 4) is 0 Å². The van der Waals surface area contributed by atoms with Crippen LogP contribution in [0.1, 0.15) is 50.3 Å². The minimum absolute atomic E-state index is 0.0951. The maximum Gasteiger partial charge on any atom is 0.242 e. The summed E-state index contributed by atoms with van der Waals surface area (Å²) in [4.78, 5) is 40.5. The highest BCUT2D eigenvalue weighted by atomic mass is 35.5. The van der Waals surface area contributed by atoms with E-state index >= 15 is 0 Å². The van der Waals surface area contributed by atoms with E-state index < -0.39 is 16.1 Å². The van der Waals surface area contributed by atoms with Crippen molar-refractivity contribution in [3.05, 3.63) is 26.8 Å². The first-order valence-electron chi connectivity index (χ1n) is 11.9. The predicted octanol–water partition coefficient (Wildman–Crippen LogP) is 2.44. The number of amides is 3. The first-order valence-corrected chi connectivity index (χ1v) is 14.6. The van der Waals surface area contributed by atoms with Gasteiger partial charge in [-0.1, -0.05) is 11.6 Å². The lowest BCUT2D eigenvalue weighted by Crippen LogP contribution is -2.49. The Morgan fingerprint density at radius 3 is 2.74 bits per heavy atom. The van der Waals surface area contributed by atoms with Crippen molar-refractivity contribution in [2.45, 2.75) is 57.5 Å². The topological polar surface area (TPSA) is 116 Å². The number of hydrogen-bond donors (Lipinski definition) is 2. The zero-order valence-corrected chi connectivity index (χ0v) is 22.2. The SMILES string of the molecule is C[C@H](CCCN(C=O)CC(=O)N1CCC[C@H]1C(=O)NCC1CC1)NS(=O)(=O)/C=C/c1ccc(Cl)s1. The summed E-state index contributed by atoms with van der Waals surface area (Å²) in [5.74, 6) is 0.213. The van der Waals surface area contributed by atoms with E-state index in [4.69, 9.17) is 11.6 Å². The summed E-state index contributed by atoms with van der Waals surface area (Å²) >= 11 is 7.14. The van der Waals surface area contributed by atoms with Crippen LogP contribution < -0.4 is 10.0 Å². The number of nitrogens with one attached hydrogen (secondary N) is 2. The Bertz CT molecular complexity index is 1020. The summed E-state index contributed by atoms with van der Waals surface area (Å²) in [6.07, 6.45) is 6.81. The molecule has 194 valence electrons. The molecule has 3 amide bonds. The summed E-state index contributed by atoms with van der Waals surface area (Å²) in [6, 6.07) is 2.62. The second kappa shape index (κ2) is 12.8. The van der Waals surface area contributed by atoms with E-state index in [9.17, 15) is 22.8 Å². The van der Waals surface area contributed by atoms with Crippen molar-refractivity contribution in [2.75, 3.05) is 26.2 Å². The Labute approximate surface area is 215 Å². The van der Waals surface area contributed by atoms with E-state index in [-0.39, 0.29) is 24.4 Å². The molecule has 0 bridgehead atoms. The normalized spacial score (nSPS) is 19.1. The molecule has 2 fully saturated rings. The number of halogens is 1. The molecule has 0 radical (unpaired) electrons. The third-order valence-corrected chi connectivity index (χ3v) is 8.50. The molecule has 1 aliphatic heterocycles. The fourth-order valence-corrected chi connectivity index (χ4v) is 6.14. The highest BCUT2D eigenvalue weighted by molar-refractivity contribution is 7.92. The van der Waals surface area contributed by atoms with Crippen LogP contribution in [0.3, 0.4) is 0 Å². The van der Waals surface area contributed by atoms with Gasteiger partial charge in [-0.15, -0.1) is 11.3 Å². The molecule has 2 aliphatic rings. The molecule has 9 nitrogen and oxygen atoms in total. The van der Waals surface area contributed by atoms with Crippen molar-refractivity contribution in [1.82, 2.24) is 19.8 Å². The third-order valence-electron chi connectivity index (χ3n) is 6.08. The summed E-state index contributed by atoms with van der Waals surface area (Å²) < 4.78 is 27.7. The Morgan fingerprint density at radius 2 is 2.09 bits per heavy atom. The van der Waals surface area contributed by atoms with E-state index in [2.05, 4.69) is 10.0 Å². The molecule has 1 aliphatic carbocycles. The van der Waals surface area contributed by atoms with Crippen LogP contribution in [0.5, 0.6) is 0 Å². The second-order valence-electron chi connectivity index (χ2n) is 9.16. The number of sulfonamides is 1. The molecule has 2 heterocycles. The van der Waals surface area contributed by atoms with E-state index in [1.54, 1.807) is 24.0 Å². The first kappa shape index (κ1) is 27.6. The molecule has 3 rings (SSSR count). The Kier molecular flexibility index (Phi) is 10.1. The van der Waals surface area contributed by atoms with Crippen molar-refractivity contribution >= 4 is 57.3 Å². The minimum atomic E-state index is -3.63. The molecule has 0 aromatic carbocycles. The van der Waals surface area contributed by atoms with Gasteiger partial charge in [0.05, 0.1) is 10.9 Å². The maximum absolute atomic E-state index is 12.8. The van der Waals surface area contributed by atoms with Crippen LogP contribution >= 0.6 is 22.9 Å². The van der Waals surface area contributed by atoms with Crippen LogP contribution in [0.2, 0.25) is 4.34 Å². The van der Waals surface area contributed by atoms with Gasteiger partial charge in [-0.05, 0) is 69.6 Å². The predicted molar refractivity (Wildman–Crippen MR) is 137 cm³/mol. The molecule has 1 aromatic rings. The number of nitrogens with zero attached hydrogens (tertiary/aromatic N) is 2. The van der Waals surface area contributed by atoms with Crippen molar-refractivity contribution < 1.29 is 22.8 Å². The quantitative estimate of drug-likeness (QED) is 0.349. The van der Waals surface area contributed by atoms with Crippen molar-refractivity contribution in [1.29, 1.82) is 0 Å². The number of thiophene rings is 1. The zero-order chi connectivity index (χ0) is 25.4. The molecule has 2 N–H and O–H groups in total. The largest absolute Gasteiger partial charge is 0.354 e. The van der Waals surface area contributed by atoms with Crippen molar-refractivity contribution in [2.24, 2.45) is 5.92 Å². The van der Waals surface area contributed by atoms with Gasteiger partial charge in [0.1, 0.15) is 6.04 Å². The second-order valence-corrected chi connectivity index (χ2v) is 12.5. The highest BCUT2D eigenvalue weighted by Crippen LogP contribution is 2.28. The van der Waals surface area contributed by atoms with Gasteiger partial charge in [-0.2, -0.15) is 0 Å². The summed E-state index contributed by atoms with van der Waals surface area (Å²) in [5, 5.41) is 4.05. The fourth-order valence-electron chi connectivity index (χ4n) is 4.01. The van der Waals surface area contributed by atoms with Gasteiger partial charge < -0.3 is 15.1 Å². The van der Waals surface area contributed by atoms with Gasteiger partial charge >= 0.3 is 0 Å². The van der Waals surface area contributed by atoms with Crippen LogP contribution in [0.25, 0.3) is 6.08 Å². The highest BCUT2D eigenvalue weighted by Gasteiger charge is 2.35. The fraction of sp³-hybridized carbons (Fsp3) is 0.609. The minimum Gasteiger partial charge on any atom is -0.354 e. The monoisotopic (exact) mass is 544 g/mol. The number of carbonyl (C=O) groups excluding carboxylic acids is 3. The molecule has 0 unspecified atom stereocenters. The van der Waals surface area contributed by atoms with Crippen molar-refractivity contribution in [3.63, 3.8) is 0 Å². The molecule has 0 spiro atoms. The van der Waals surface area contributed by atoms with Gasteiger partial charge in [0.2, 0.25) is 28.2 Å². The average molecular weight is 545 g/mol. The van der Waals surface area contributed by atoms with Gasteiger partial charge in [-0.25, -0.2) is 13.1 Å². The average Bonchev–Trinajstić information content (AvgIpc) is 3.32. The van der Waals surface area contributed by atoms with E-state index in [1.165, 1.54) is 22.3 Å². The molecular formula is C23H33ClN4O5S2. The molecule has 1 saturated carbocycles. The van der Waals surface area contributed by atoms with Gasteiger partial charge in [0.15, 0.2) is 0 Å². The van der Waals surface area contributed by atoms with Crippen LogP contribution in [0.15, 0.2) is 17.5 Å². The smallest absolute Gasteiger partial charge is 0.242 e. The molecule has 2 atom stereocenters. The maximum atomic E-state index is 12.8.